The summed E-state index contributed by atoms with van der Waals surface area (Å²) in [4.78, 5) is 13.4. The molecule has 1 amide bonds. The normalized spacial score (nSPS) is 12.4. The molecule has 8 heteroatoms. The average molecular weight is 397 g/mol. The Morgan fingerprint density at radius 1 is 1.14 bits per heavy atom. The Balaban J connectivity index is 1.41. The largest absolute Gasteiger partial charge is 0.454 e. The van der Waals surface area contributed by atoms with Gasteiger partial charge in [0, 0.05) is 15.7 Å². The lowest BCUT2D eigenvalue weighted by Crippen LogP contribution is -2.14. The van der Waals surface area contributed by atoms with E-state index in [4.69, 9.17) is 13.9 Å². The Hall–Kier alpha value is -3.00. The summed E-state index contributed by atoms with van der Waals surface area (Å²) < 4.78 is 16.2. The third-order valence-corrected chi connectivity index (χ3v) is 4.92. The highest BCUT2D eigenvalue weighted by Crippen LogP contribution is 2.32. The van der Waals surface area contributed by atoms with Gasteiger partial charge in [-0.25, -0.2) is 0 Å². The molecule has 28 heavy (non-hydrogen) atoms. The lowest BCUT2D eigenvalue weighted by atomic mass is 10.1. The van der Waals surface area contributed by atoms with Crippen LogP contribution < -0.4 is 14.8 Å². The van der Waals surface area contributed by atoms with Gasteiger partial charge in [-0.05, 0) is 35.9 Å². The summed E-state index contributed by atoms with van der Waals surface area (Å²) in [7, 11) is 0. The van der Waals surface area contributed by atoms with E-state index in [2.05, 4.69) is 29.4 Å². The fourth-order valence-corrected chi connectivity index (χ4v) is 3.66. The molecule has 0 atom stereocenters. The molecule has 0 unspecified atom stereocenters. The Morgan fingerprint density at radius 3 is 2.86 bits per heavy atom. The number of thioether (sulfide) groups is 1. The minimum absolute atomic E-state index is 0.0719. The third-order valence-electron chi connectivity index (χ3n) is 3.93. The first-order chi connectivity index (χ1) is 13.6. The van der Waals surface area contributed by atoms with Gasteiger partial charge in [-0.1, -0.05) is 31.1 Å². The molecule has 0 spiro atoms. The first-order valence-corrected chi connectivity index (χ1v) is 9.74. The standard InChI is InChI=1S/C20H19N3O4S/c1-12(2)28-15-5-3-4-14(10-15)19-22-23-20(27-19)21-18(24)9-13-6-7-16-17(8-13)26-11-25-16/h3-8,10,12H,9,11H2,1-2H3,(H,21,23,24). The van der Waals surface area contributed by atoms with Gasteiger partial charge in [-0.15, -0.1) is 16.9 Å². The van der Waals surface area contributed by atoms with E-state index in [1.165, 1.54) is 0 Å². The second-order valence-corrected chi connectivity index (χ2v) is 8.17. The number of anilines is 1. The molecule has 0 aliphatic carbocycles. The SMILES string of the molecule is CC(C)Sc1cccc(-c2nnc(NC(=O)Cc3ccc4c(c3)OCO4)o2)c1. The number of benzene rings is 2. The van der Waals surface area contributed by atoms with Crippen LogP contribution >= 0.6 is 11.8 Å². The number of hydrogen-bond donors (Lipinski definition) is 1. The molecule has 3 aromatic rings. The number of hydrogen-bond acceptors (Lipinski definition) is 7. The summed E-state index contributed by atoms with van der Waals surface area (Å²) in [5.41, 5.74) is 1.62. The van der Waals surface area contributed by atoms with Crippen LogP contribution in [-0.2, 0) is 11.2 Å². The predicted molar refractivity (Wildman–Crippen MR) is 106 cm³/mol. The van der Waals surface area contributed by atoms with Crippen LogP contribution in [0.15, 0.2) is 51.8 Å². The van der Waals surface area contributed by atoms with Gasteiger partial charge in [0.1, 0.15) is 0 Å². The van der Waals surface area contributed by atoms with Gasteiger partial charge in [0.15, 0.2) is 11.5 Å². The van der Waals surface area contributed by atoms with E-state index in [0.717, 1.165) is 16.0 Å². The Kier molecular flexibility index (Phi) is 5.21. The topological polar surface area (TPSA) is 86.5 Å². The van der Waals surface area contributed by atoms with E-state index in [1.54, 1.807) is 23.9 Å². The number of carbonyl (C=O) groups is 1. The molecule has 2 aromatic carbocycles. The van der Waals surface area contributed by atoms with Gasteiger partial charge in [0.25, 0.3) is 0 Å². The fourth-order valence-electron chi connectivity index (χ4n) is 2.76. The van der Waals surface area contributed by atoms with Crippen molar-refractivity contribution >= 4 is 23.7 Å². The quantitative estimate of drug-likeness (QED) is 0.625. The summed E-state index contributed by atoms with van der Waals surface area (Å²) in [5, 5.41) is 11.1. The summed E-state index contributed by atoms with van der Waals surface area (Å²) in [6.45, 7) is 4.47. The summed E-state index contributed by atoms with van der Waals surface area (Å²) in [5.74, 6) is 1.44. The van der Waals surface area contributed by atoms with Gasteiger partial charge >= 0.3 is 6.01 Å². The van der Waals surface area contributed by atoms with Crippen LogP contribution in [0.2, 0.25) is 0 Å². The number of nitrogens with zero attached hydrogens (tertiary/aromatic N) is 2. The van der Waals surface area contributed by atoms with E-state index in [1.807, 2.05) is 30.3 Å². The summed E-state index contributed by atoms with van der Waals surface area (Å²) in [6, 6.07) is 13.4. The Bertz CT molecular complexity index is 1000. The highest BCUT2D eigenvalue weighted by Gasteiger charge is 2.16. The molecule has 0 radical (unpaired) electrons. The van der Waals surface area contributed by atoms with Gasteiger partial charge < -0.3 is 13.9 Å². The average Bonchev–Trinajstić information content (AvgIpc) is 3.30. The van der Waals surface area contributed by atoms with Crippen LogP contribution in [0.1, 0.15) is 19.4 Å². The van der Waals surface area contributed by atoms with Crippen molar-refractivity contribution in [3.63, 3.8) is 0 Å². The number of nitrogens with one attached hydrogen (secondary N) is 1. The molecule has 7 nitrogen and oxygen atoms in total. The molecule has 1 N–H and O–H groups in total. The molecule has 0 saturated carbocycles. The van der Waals surface area contributed by atoms with Crippen molar-refractivity contribution in [2.45, 2.75) is 30.4 Å². The fraction of sp³-hybridized carbons (Fsp3) is 0.250. The second-order valence-electron chi connectivity index (χ2n) is 6.52. The number of rotatable bonds is 6. The zero-order chi connectivity index (χ0) is 19.5. The number of fused-ring (bicyclic) bond motifs is 1. The van der Waals surface area contributed by atoms with Gasteiger partial charge in [0.2, 0.25) is 18.6 Å². The van der Waals surface area contributed by atoms with Crippen molar-refractivity contribution in [3.8, 4) is 23.0 Å². The van der Waals surface area contributed by atoms with Crippen molar-refractivity contribution in [1.82, 2.24) is 10.2 Å². The number of amides is 1. The zero-order valence-electron chi connectivity index (χ0n) is 15.5. The second kappa shape index (κ2) is 7.93. The molecule has 1 aliphatic heterocycles. The van der Waals surface area contributed by atoms with E-state index in [-0.39, 0.29) is 25.1 Å². The molecule has 1 aromatic heterocycles. The Labute approximate surface area is 166 Å². The van der Waals surface area contributed by atoms with Crippen molar-refractivity contribution < 1.29 is 18.7 Å². The van der Waals surface area contributed by atoms with Gasteiger partial charge in [-0.3, -0.25) is 10.1 Å². The van der Waals surface area contributed by atoms with Crippen LogP contribution in [0.3, 0.4) is 0 Å². The van der Waals surface area contributed by atoms with Gasteiger partial charge in [-0.2, -0.15) is 0 Å². The molecule has 144 valence electrons. The van der Waals surface area contributed by atoms with Crippen LogP contribution in [0, 0.1) is 0 Å². The van der Waals surface area contributed by atoms with Crippen molar-refractivity contribution in [2.24, 2.45) is 0 Å². The summed E-state index contributed by atoms with van der Waals surface area (Å²) in [6.07, 6.45) is 0.162. The summed E-state index contributed by atoms with van der Waals surface area (Å²) >= 11 is 1.76. The van der Waals surface area contributed by atoms with Crippen molar-refractivity contribution in [1.29, 1.82) is 0 Å². The van der Waals surface area contributed by atoms with E-state index in [9.17, 15) is 4.79 Å². The predicted octanol–water partition coefficient (Wildman–Crippen LogP) is 4.15. The highest BCUT2D eigenvalue weighted by atomic mass is 32.2. The molecule has 2 heterocycles. The number of carbonyl (C=O) groups excluding carboxylic acids is 1. The monoisotopic (exact) mass is 397 g/mol. The van der Waals surface area contributed by atoms with Crippen LogP contribution in [0.4, 0.5) is 6.01 Å². The molecule has 1 aliphatic rings. The van der Waals surface area contributed by atoms with Crippen LogP contribution in [0.5, 0.6) is 11.5 Å². The number of aromatic nitrogens is 2. The lowest BCUT2D eigenvalue weighted by Gasteiger charge is -2.05. The highest BCUT2D eigenvalue weighted by molar-refractivity contribution is 7.99. The van der Waals surface area contributed by atoms with Crippen LogP contribution in [-0.4, -0.2) is 28.1 Å². The maximum absolute atomic E-state index is 12.3. The minimum Gasteiger partial charge on any atom is -0.454 e. The van der Waals surface area contributed by atoms with Gasteiger partial charge in [0.05, 0.1) is 6.42 Å². The molecule has 4 rings (SSSR count). The zero-order valence-corrected chi connectivity index (χ0v) is 16.3. The molecule has 0 fully saturated rings. The molecular formula is C20H19N3O4S. The first-order valence-electron chi connectivity index (χ1n) is 8.86. The maximum Gasteiger partial charge on any atom is 0.322 e. The first kappa shape index (κ1) is 18.4. The lowest BCUT2D eigenvalue weighted by molar-refractivity contribution is -0.115. The van der Waals surface area contributed by atoms with E-state index in [0.29, 0.717) is 22.6 Å². The molecular weight excluding hydrogens is 378 g/mol. The van der Waals surface area contributed by atoms with Crippen molar-refractivity contribution in [3.05, 3.63) is 48.0 Å². The molecule has 0 bridgehead atoms. The van der Waals surface area contributed by atoms with Crippen molar-refractivity contribution in [2.75, 3.05) is 12.1 Å². The van der Waals surface area contributed by atoms with Crippen LogP contribution in [0.25, 0.3) is 11.5 Å². The Morgan fingerprint density at radius 2 is 2.00 bits per heavy atom. The maximum atomic E-state index is 12.3. The minimum atomic E-state index is -0.252. The number of ether oxygens (including phenoxy) is 2. The molecule has 0 saturated heterocycles. The smallest absolute Gasteiger partial charge is 0.322 e. The van der Waals surface area contributed by atoms with E-state index < -0.39 is 0 Å². The third kappa shape index (κ3) is 4.28. The van der Waals surface area contributed by atoms with E-state index >= 15 is 0 Å².